The summed E-state index contributed by atoms with van der Waals surface area (Å²) < 4.78 is 1.77. The monoisotopic (exact) mass is 458 g/mol. The average molecular weight is 459 g/mol. The predicted octanol–water partition coefficient (Wildman–Crippen LogP) is 4.42. The van der Waals surface area contributed by atoms with E-state index in [0.717, 1.165) is 22.0 Å². The molecule has 1 amide bonds. The van der Waals surface area contributed by atoms with Crippen LogP contribution in [0.3, 0.4) is 0 Å². The summed E-state index contributed by atoms with van der Waals surface area (Å²) in [5.41, 5.74) is 7.52. The lowest BCUT2D eigenvalue weighted by Gasteiger charge is -2.08. The van der Waals surface area contributed by atoms with Gasteiger partial charge in [0.2, 0.25) is 0 Å². The normalized spacial score (nSPS) is 11.2. The van der Waals surface area contributed by atoms with Crippen LogP contribution in [0.1, 0.15) is 22.8 Å². The number of pyridine rings is 2. The number of nitrogens with zero attached hydrogens (tertiary/aromatic N) is 5. The number of hydrogen-bond donors (Lipinski definition) is 1. The van der Waals surface area contributed by atoms with E-state index in [2.05, 4.69) is 26.8 Å². The minimum absolute atomic E-state index is 0.308. The van der Waals surface area contributed by atoms with Gasteiger partial charge in [0.25, 0.3) is 5.91 Å². The molecule has 3 heterocycles. The Labute approximate surface area is 194 Å². The van der Waals surface area contributed by atoms with Gasteiger partial charge < -0.3 is 0 Å². The highest BCUT2D eigenvalue weighted by atomic mass is 35.5. The Kier molecular flexibility index (Phi) is 5.68. The van der Waals surface area contributed by atoms with Gasteiger partial charge in [-0.2, -0.15) is 0 Å². The Morgan fingerprint density at radius 3 is 2.82 bits per heavy atom. The predicted molar refractivity (Wildman–Crippen MR) is 126 cm³/mol. The fraction of sp³-hybridized carbons (Fsp3) is 0.125. The molecule has 5 aromatic rings. The summed E-state index contributed by atoms with van der Waals surface area (Å²) in [6.45, 7) is 2.67. The van der Waals surface area contributed by atoms with Crippen LogP contribution >= 0.6 is 11.6 Å². The zero-order valence-electron chi connectivity index (χ0n) is 17.7. The zero-order chi connectivity index (χ0) is 22.8. The first-order chi connectivity index (χ1) is 16.1. The molecule has 0 aliphatic rings. The van der Waals surface area contributed by atoms with Crippen molar-refractivity contribution in [1.82, 2.24) is 30.4 Å². The number of benzene rings is 2. The number of carbonyl (C=O) groups excluding carboxylic acids is 1. The molecular formula is C24H19ClN6O2. The van der Waals surface area contributed by atoms with Gasteiger partial charge in [0.15, 0.2) is 5.65 Å². The van der Waals surface area contributed by atoms with Crippen molar-refractivity contribution in [2.75, 3.05) is 6.61 Å². The molecule has 0 unspecified atom stereocenters. The maximum Gasteiger partial charge on any atom is 0.276 e. The molecule has 0 saturated carbocycles. The van der Waals surface area contributed by atoms with Gasteiger partial charge in [0.05, 0.1) is 34.9 Å². The molecule has 0 saturated heterocycles. The van der Waals surface area contributed by atoms with Crippen LogP contribution in [0.25, 0.3) is 33.3 Å². The molecule has 164 valence electrons. The highest BCUT2D eigenvalue weighted by Gasteiger charge is 2.14. The number of aromatic nitrogens is 5. The summed E-state index contributed by atoms with van der Waals surface area (Å²) in [7, 11) is 0. The molecule has 0 atom stereocenters. The van der Waals surface area contributed by atoms with E-state index in [9.17, 15) is 4.79 Å². The van der Waals surface area contributed by atoms with E-state index in [1.54, 1.807) is 36.0 Å². The van der Waals surface area contributed by atoms with Crippen molar-refractivity contribution >= 4 is 39.6 Å². The lowest BCUT2D eigenvalue weighted by Crippen LogP contribution is -2.23. The summed E-state index contributed by atoms with van der Waals surface area (Å²) in [6.07, 6.45) is 1.78. The standard InChI is InChI=1S/C24H19ClN6O2/c1-2-33-29-24(32)18-7-6-17(13-19(18)25)21-9-10-22-23(27-21)31(30-28-22)14-15-5-8-20-16(12-15)4-3-11-26-20/h3-13H,2,14H2,1H3,(H,29,32). The first kappa shape index (κ1) is 21.0. The lowest BCUT2D eigenvalue weighted by atomic mass is 10.1. The van der Waals surface area contributed by atoms with Gasteiger partial charge in [-0.25, -0.2) is 15.1 Å². The van der Waals surface area contributed by atoms with Crippen molar-refractivity contribution < 1.29 is 9.63 Å². The second kappa shape index (κ2) is 8.93. The minimum atomic E-state index is -0.398. The molecule has 0 bridgehead atoms. The van der Waals surface area contributed by atoms with E-state index in [1.807, 2.05) is 36.4 Å². The number of fused-ring (bicyclic) bond motifs is 2. The molecule has 9 heteroatoms. The summed E-state index contributed by atoms with van der Waals surface area (Å²) in [5, 5.41) is 9.90. The number of rotatable bonds is 6. The zero-order valence-corrected chi connectivity index (χ0v) is 18.5. The maximum absolute atomic E-state index is 12.2. The Balaban J connectivity index is 1.45. The maximum atomic E-state index is 12.2. The molecule has 0 spiro atoms. The van der Waals surface area contributed by atoms with Crippen LogP contribution in [0.4, 0.5) is 0 Å². The van der Waals surface area contributed by atoms with Crippen molar-refractivity contribution in [2.45, 2.75) is 13.5 Å². The number of halogens is 1. The number of carbonyl (C=O) groups is 1. The van der Waals surface area contributed by atoms with Gasteiger partial charge in [-0.3, -0.25) is 14.6 Å². The van der Waals surface area contributed by atoms with Gasteiger partial charge in [0, 0.05) is 17.1 Å². The number of nitrogens with one attached hydrogen (secondary N) is 1. The molecule has 0 aliphatic heterocycles. The third-order valence-corrected chi connectivity index (χ3v) is 5.49. The summed E-state index contributed by atoms with van der Waals surface area (Å²) in [5.74, 6) is -0.398. The van der Waals surface area contributed by atoms with Crippen LogP contribution in [0.15, 0.2) is 66.9 Å². The van der Waals surface area contributed by atoms with Crippen LogP contribution in [0.5, 0.6) is 0 Å². The van der Waals surface area contributed by atoms with Gasteiger partial charge in [-0.15, -0.1) is 5.10 Å². The van der Waals surface area contributed by atoms with E-state index >= 15 is 0 Å². The van der Waals surface area contributed by atoms with E-state index in [4.69, 9.17) is 21.4 Å². The van der Waals surface area contributed by atoms with Crippen LogP contribution in [-0.2, 0) is 11.4 Å². The van der Waals surface area contributed by atoms with E-state index < -0.39 is 5.91 Å². The molecule has 5 rings (SSSR count). The molecule has 0 radical (unpaired) electrons. The quantitative estimate of drug-likeness (QED) is 0.378. The second-order valence-electron chi connectivity index (χ2n) is 7.38. The van der Waals surface area contributed by atoms with Crippen molar-refractivity contribution in [3.8, 4) is 11.3 Å². The van der Waals surface area contributed by atoms with Crippen LogP contribution < -0.4 is 5.48 Å². The first-order valence-electron chi connectivity index (χ1n) is 10.4. The van der Waals surface area contributed by atoms with E-state index in [-0.39, 0.29) is 0 Å². The average Bonchev–Trinajstić information content (AvgIpc) is 3.24. The molecule has 3 aromatic heterocycles. The molecule has 2 aromatic carbocycles. The minimum Gasteiger partial charge on any atom is -0.274 e. The molecule has 1 N–H and O–H groups in total. The van der Waals surface area contributed by atoms with Crippen LogP contribution in [0, 0.1) is 0 Å². The Bertz CT molecular complexity index is 1480. The van der Waals surface area contributed by atoms with Crippen molar-refractivity contribution in [2.24, 2.45) is 0 Å². The topological polar surface area (TPSA) is 94.8 Å². The number of amides is 1. The fourth-order valence-corrected chi connectivity index (χ4v) is 3.83. The van der Waals surface area contributed by atoms with E-state index in [1.165, 1.54) is 0 Å². The number of hydroxylamine groups is 1. The third kappa shape index (κ3) is 4.26. The summed E-state index contributed by atoms with van der Waals surface area (Å²) in [6, 6.07) is 18.9. The molecular weight excluding hydrogens is 440 g/mol. The first-order valence-corrected chi connectivity index (χ1v) is 10.8. The van der Waals surface area contributed by atoms with Gasteiger partial charge in [0.1, 0.15) is 5.52 Å². The fourth-order valence-electron chi connectivity index (χ4n) is 3.57. The van der Waals surface area contributed by atoms with Gasteiger partial charge in [-0.05, 0) is 55.0 Å². The smallest absolute Gasteiger partial charge is 0.274 e. The Morgan fingerprint density at radius 2 is 1.97 bits per heavy atom. The van der Waals surface area contributed by atoms with Gasteiger partial charge in [-0.1, -0.05) is 35.0 Å². The van der Waals surface area contributed by atoms with Gasteiger partial charge >= 0.3 is 0 Å². The third-order valence-electron chi connectivity index (χ3n) is 5.18. The highest BCUT2D eigenvalue weighted by Crippen LogP contribution is 2.26. The largest absolute Gasteiger partial charge is 0.276 e. The molecule has 0 aliphatic carbocycles. The Morgan fingerprint density at radius 1 is 1.09 bits per heavy atom. The summed E-state index contributed by atoms with van der Waals surface area (Å²) >= 11 is 6.36. The van der Waals surface area contributed by atoms with Crippen molar-refractivity contribution in [3.05, 3.63) is 83.0 Å². The highest BCUT2D eigenvalue weighted by molar-refractivity contribution is 6.34. The lowest BCUT2D eigenvalue weighted by molar-refractivity contribution is 0.0364. The Hall–Kier alpha value is -3.88. The SMILES string of the molecule is CCONC(=O)c1ccc(-c2ccc3nnn(Cc4ccc5ncccc5c4)c3n2)cc1Cl. The second-order valence-corrected chi connectivity index (χ2v) is 7.78. The summed E-state index contributed by atoms with van der Waals surface area (Å²) in [4.78, 5) is 26.2. The molecule has 8 nitrogen and oxygen atoms in total. The van der Waals surface area contributed by atoms with Crippen LogP contribution in [-0.4, -0.2) is 37.5 Å². The van der Waals surface area contributed by atoms with Crippen LogP contribution in [0.2, 0.25) is 5.02 Å². The number of hydrogen-bond acceptors (Lipinski definition) is 6. The van der Waals surface area contributed by atoms with E-state index in [0.29, 0.717) is 40.6 Å². The molecule has 0 fully saturated rings. The van der Waals surface area contributed by atoms with Crippen molar-refractivity contribution in [1.29, 1.82) is 0 Å². The molecule has 33 heavy (non-hydrogen) atoms. The van der Waals surface area contributed by atoms with Crippen molar-refractivity contribution in [3.63, 3.8) is 0 Å².